The first kappa shape index (κ1) is 57.1. The first-order valence-electron chi connectivity index (χ1n) is 24.3. The minimum absolute atomic E-state index is 0.142. The van der Waals surface area contributed by atoms with Gasteiger partial charge in [-0.2, -0.15) is 0 Å². The van der Waals surface area contributed by atoms with Crippen LogP contribution in [0, 0.1) is 0 Å². The summed E-state index contributed by atoms with van der Waals surface area (Å²) in [7, 11) is 0. The van der Waals surface area contributed by atoms with Crippen LogP contribution in [0.4, 0.5) is 0 Å². The van der Waals surface area contributed by atoms with Gasteiger partial charge in [-0.15, -0.1) is 47.0 Å². The number of nitrogens with one attached hydrogen (secondary N) is 2. The monoisotopic (exact) mass is 978 g/mol. The van der Waals surface area contributed by atoms with E-state index in [1.54, 1.807) is 47.0 Å². The molecule has 0 radical (unpaired) electrons. The molecule has 0 saturated carbocycles. The summed E-state index contributed by atoms with van der Waals surface area (Å²) in [5.41, 5.74) is 0. The SMILES string of the molecule is CCCCCCCCCCCCCCCCCCNC(=O)CSC1=C(SC)S/C(=C2\SC(SC)=C(SCC(=O)NCCCCCCCCCCCCCCCCCC)S2)S1. The fraction of sp³-hybridized carbons (Fsp3) is 0.833. The van der Waals surface area contributed by atoms with Crippen molar-refractivity contribution in [2.45, 2.75) is 219 Å². The van der Waals surface area contributed by atoms with Gasteiger partial charge in [-0.25, -0.2) is 0 Å². The van der Waals surface area contributed by atoms with Crippen molar-refractivity contribution in [1.82, 2.24) is 10.6 Å². The zero-order valence-electron chi connectivity index (χ0n) is 38.5. The van der Waals surface area contributed by atoms with Crippen molar-refractivity contribution >= 4 is 106 Å². The van der Waals surface area contributed by atoms with Gasteiger partial charge in [0.05, 0.1) is 36.9 Å². The maximum Gasteiger partial charge on any atom is 0.230 e. The van der Waals surface area contributed by atoms with Gasteiger partial charge in [0.1, 0.15) is 0 Å². The predicted octanol–water partition coefficient (Wildman–Crippen LogP) is 18.3. The molecule has 0 aromatic heterocycles. The average molecular weight is 980 g/mol. The number of carbonyl (C=O) groups is 2. The zero-order valence-corrected chi connectivity index (χ0v) is 45.1. The van der Waals surface area contributed by atoms with Crippen molar-refractivity contribution < 1.29 is 9.59 Å². The molecule has 60 heavy (non-hydrogen) atoms. The number of unbranched alkanes of at least 4 members (excludes halogenated alkanes) is 30. The van der Waals surface area contributed by atoms with Crippen molar-refractivity contribution in [2.75, 3.05) is 37.1 Å². The lowest BCUT2D eigenvalue weighted by Gasteiger charge is -2.07. The van der Waals surface area contributed by atoms with Gasteiger partial charge >= 0.3 is 0 Å². The molecule has 4 nitrogen and oxygen atoms in total. The summed E-state index contributed by atoms with van der Waals surface area (Å²) in [6.07, 6.45) is 47.9. The normalized spacial score (nSPS) is 15.5. The van der Waals surface area contributed by atoms with E-state index >= 15 is 0 Å². The number of hydrogen-bond acceptors (Lipinski definition) is 10. The average Bonchev–Trinajstić information content (AvgIpc) is 3.88. The molecular formula is C48H86N2O2S8. The van der Waals surface area contributed by atoms with Gasteiger partial charge in [-0.1, -0.05) is 254 Å². The second-order valence-electron chi connectivity index (χ2n) is 16.4. The van der Waals surface area contributed by atoms with Gasteiger partial charge in [0.15, 0.2) is 0 Å². The van der Waals surface area contributed by atoms with E-state index in [9.17, 15) is 9.59 Å². The second kappa shape index (κ2) is 41.4. The van der Waals surface area contributed by atoms with Crippen molar-refractivity contribution in [1.29, 1.82) is 0 Å². The Labute approximate surface area is 404 Å². The summed E-state index contributed by atoms with van der Waals surface area (Å²) in [5.74, 6) is 1.23. The Morgan fingerprint density at radius 1 is 0.367 bits per heavy atom. The number of hydrogen-bond donors (Lipinski definition) is 2. The largest absolute Gasteiger partial charge is 0.355 e. The highest BCUT2D eigenvalue weighted by Crippen LogP contribution is 2.65. The third-order valence-corrected chi connectivity index (χ3v) is 22.3. The van der Waals surface area contributed by atoms with Crippen LogP contribution >= 0.6 is 94.1 Å². The van der Waals surface area contributed by atoms with Crippen LogP contribution in [0.2, 0.25) is 0 Å². The minimum Gasteiger partial charge on any atom is -0.355 e. The highest BCUT2D eigenvalue weighted by atomic mass is 32.3. The summed E-state index contributed by atoms with van der Waals surface area (Å²) in [5, 5.41) is 6.34. The molecule has 2 heterocycles. The Hall–Kier alpha value is 0.960. The van der Waals surface area contributed by atoms with Gasteiger partial charge in [-0.3, -0.25) is 9.59 Å². The molecule has 0 fully saturated rings. The van der Waals surface area contributed by atoms with Crippen LogP contribution in [0.1, 0.15) is 219 Å². The van der Waals surface area contributed by atoms with Crippen LogP contribution in [-0.4, -0.2) is 48.9 Å². The smallest absolute Gasteiger partial charge is 0.230 e. The summed E-state index contributed by atoms with van der Waals surface area (Å²) < 4.78 is 7.68. The van der Waals surface area contributed by atoms with Crippen molar-refractivity contribution in [2.24, 2.45) is 0 Å². The van der Waals surface area contributed by atoms with Crippen LogP contribution in [0.5, 0.6) is 0 Å². The predicted molar refractivity (Wildman–Crippen MR) is 288 cm³/mol. The van der Waals surface area contributed by atoms with E-state index in [0.717, 1.165) is 25.9 Å². The van der Waals surface area contributed by atoms with Crippen LogP contribution in [-0.2, 0) is 9.59 Å². The van der Waals surface area contributed by atoms with Crippen LogP contribution in [0.25, 0.3) is 0 Å². The Morgan fingerprint density at radius 3 is 0.850 bits per heavy atom. The van der Waals surface area contributed by atoms with Gasteiger partial charge < -0.3 is 10.6 Å². The lowest BCUT2D eigenvalue weighted by atomic mass is 10.0. The number of carbonyl (C=O) groups excluding carboxylic acids is 2. The summed E-state index contributed by atoms with van der Waals surface area (Å²) in [6, 6.07) is 0. The highest BCUT2D eigenvalue weighted by molar-refractivity contribution is 8.45. The maximum atomic E-state index is 12.7. The third-order valence-electron chi connectivity index (χ3n) is 11.0. The van der Waals surface area contributed by atoms with E-state index in [1.165, 1.54) is 218 Å². The Morgan fingerprint density at radius 2 is 0.600 bits per heavy atom. The first-order valence-corrected chi connectivity index (χ1v) is 32.0. The molecule has 2 amide bonds. The van der Waals surface area contributed by atoms with Crippen LogP contribution in [0.15, 0.2) is 25.4 Å². The lowest BCUT2D eigenvalue weighted by Crippen LogP contribution is -2.26. The summed E-state index contributed by atoms with van der Waals surface area (Å²) in [6.45, 7) is 6.16. The lowest BCUT2D eigenvalue weighted by molar-refractivity contribution is -0.119. The fourth-order valence-corrected chi connectivity index (χ4v) is 18.1. The first-order chi connectivity index (χ1) is 29.5. The Balaban J connectivity index is 1.48. The Kier molecular flexibility index (Phi) is 39.4. The molecule has 2 N–H and O–H groups in total. The Bertz CT molecular complexity index is 1120. The van der Waals surface area contributed by atoms with Crippen molar-refractivity contribution in [3.05, 3.63) is 25.4 Å². The molecule has 2 rings (SSSR count). The number of thioether (sulfide) groups is 8. The third kappa shape index (κ3) is 30.2. The standard InChI is InChI=1S/C48H86N2O2S8/c1-5-7-9-11-13-15-17-19-21-23-25-27-29-31-33-35-37-49-41(51)39-55-45-43(53-3)57-47(59-45)48-58-44(54-4)46(60-48)56-40-42(52)50-38-36-34-32-30-28-26-24-22-20-18-16-14-12-10-8-6-2/h5-40H2,1-4H3,(H,49,51)(H,50,52)/b48-47-. The van der Waals surface area contributed by atoms with Gasteiger partial charge in [0.25, 0.3) is 0 Å². The van der Waals surface area contributed by atoms with Gasteiger partial charge in [0.2, 0.25) is 11.8 Å². The van der Waals surface area contributed by atoms with Gasteiger partial charge in [0, 0.05) is 13.1 Å². The summed E-state index contributed by atoms with van der Waals surface area (Å²) in [4.78, 5) is 25.4. The topological polar surface area (TPSA) is 58.2 Å². The molecule has 0 atom stereocenters. The van der Waals surface area contributed by atoms with E-state index in [0.29, 0.717) is 11.5 Å². The molecule has 12 heteroatoms. The molecule has 348 valence electrons. The molecule has 2 aliphatic rings. The number of rotatable bonds is 42. The fourth-order valence-electron chi connectivity index (χ4n) is 7.30. The molecule has 0 bridgehead atoms. The van der Waals surface area contributed by atoms with E-state index in [2.05, 4.69) is 37.0 Å². The molecular weight excluding hydrogens is 893 g/mol. The van der Waals surface area contributed by atoms with Crippen molar-refractivity contribution in [3.8, 4) is 0 Å². The molecule has 0 saturated heterocycles. The molecule has 0 spiro atoms. The van der Waals surface area contributed by atoms with E-state index in [-0.39, 0.29) is 11.8 Å². The molecule has 2 aliphatic heterocycles. The van der Waals surface area contributed by atoms with Crippen molar-refractivity contribution in [3.63, 3.8) is 0 Å². The van der Waals surface area contributed by atoms with E-state index in [4.69, 9.17) is 0 Å². The molecule has 0 aromatic carbocycles. The van der Waals surface area contributed by atoms with E-state index in [1.807, 2.05) is 47.0 Å². The van der Waals surface area contributed by atoms with Crippen LogP contribution < -0.4 is 10.6 Å². The highest BCUT2D eigenvalue weighted by Gasteiger charge is 2.30. The molecule has 0 aromatic rings. The van der Waals surface area contributed by atoms with Gasteiger partial charge in [-0.05, 0) is 25.4 Å². The van der Waals surface area contributed by atoms with Crippen LogP contribution in [0.3, 0.4) is 0 Å². The molecule has 0 unspecified atom stereocenters. The maximum absolute atomic E-state index is 12.7. The van der Waals surface area contributed by atoms with E-state index < -0.39 is 0 Å². The summed E-state index contributed by atoms with van der Waals surface area (Å²) >= 11 is 14.2. The minimum atomic E-state index is 0.142. The quantitative estimate of drug-likeness (QED) is 0.0579. The molecule has 0 aliphatic carbocycles. The second-order valence-corrected chi connectivity index (χ2v) is 25.7. The zero-order chi connectivity index (χ0) is 43.1. The number of amides is 2.